The molecule has 3 rings (SSSR count). The van der Waals surface area contributed by atoms with E-state index in [2.05, 4.69) is 39.3 Å². The number of anilines is 3. The van der Waals surface area contributed by atoms with Gasteiger partial charge in [-0.25, -0.2) is 9.97 Å². The molecule has 0 spiro atoms. The van der Waals surface area contributed by atoms with Crippen molar-refractivity contribution in [2.75, 3.05) is 23.3 Å². The molecule has 0 bridgehead atoms. The van der Waals surface area contributed by atoms with Crippen LogP contribution < -0.4 is 15.5 Å². The van der Waals surface area contributed by atoms with Gasteiger partial charge in [-0.15, -0.1) is 0 Å². The van der Waals surface area contributed by atoms with Gasteiger partial charge in [0.05, 0.1) is 18.1 Å². The van der Waals surface area contributed by atoms with E-state index in [1.807, 2.05) is 36.7 Å². The summed E-state index contributed by atoms with van der Waals surface area (Å²) >= 11 is 0. The summed E-state index contributed by atoms with van der Waals surface area (Å²) < 4.78 is 0. The van der Waals surface area contributed by atoms with E-state index in [0.717, 1.165) is 47.8 Å². The third-order valence-corrected chi connectivity index (χ3v) is 5.19. The maximum Gasteiger partial charge on any atom is 0.225 e. The molecule has 1 aliphatic rings. The molecule has 1 fully saturated rings. The Morgan fingerprint density at radius 1 is 1.11 bits per heavy atom. The largest absolute Gasteiger partial charge is 0.353 e. The lowest BCUT2D eigenvalue weighted by Gasteiger charge is -2.33. The van der Waals surface area contributed by atoms with Crippen molar-refractivity contribution in [1.82, 2.24) is 15.3 Å². The summed E-state index contributed by atoms with van der Waals surface area (Å²) in [5.74, 6) is 2.36. The molecule has 0 saturated carbocycles. The van der Waals surface area contributed by atoms with Crippen molar-refractivity contribution < 1.29 is 4.79 Å². The second-order valence-electron chi connectivity index (χ2n) is 7.57. The Kier molecular flexibility index (Phi) is 6.27. The zero-order valence-corrected chi connectivity index (χ0v) is 16.4. The van der Waals surface area contributed by atoms with E-state index < -0.39 is 0 Å². The lowest BCUT2D eigenvalue weighted by atomic mass is 9.87. The van der Waals surface area contributed by atoms with Gasteiger partial charge in [0.25, 0.3) is 0 Å². The SMILES string of the molecule is CC(=O)NCc1ccc(Nc2cnc(N3CCC(C(C)C)CC3)nc2)cc1. The van der Waals surface area contributed by atoms with Crippen LogP contribution in [0.1, 0.15) is 39.2 Å². The summed E-state index contributed by atoms with van der Waals surface area (Å²) in [6, 6.07) is 7.96. The third kappa shape index (κ3) is 5.42. The second-order valence-corrected chi connectivity index (χ2v) is 7.57. The minimum Gasteiger partial charge on any atom is -0.353 e. The van der Waals surface area contributed by atoms with Gasteiger partial charge in [-0.2, -0.15) is 0 Å². The Morgan fingerprint density at radius 3 is 2.30 bits per heavy atom. The molecule has 1 aliphatic heterocycles. The van der Waals surface area contributed by atoms with Gasteiger partial charge in [-0.1, -0.05) is 26.0 Å². The van der Waals surface area contributed by atoms with Gasteiger partial charge in [0.15, 0.2) is 0 Å². The lowest BCUT2D eigenvalue weighted by molar-refractivity contribution is -0.119. The summed E-state index contributed by atoms with van der Waals surface area (Å²) in [5.41, 5.74) is 2.90. The van der Waals surface area contributed by atoms with Crippen LogP contribution in [-0.4, -0.2) is 29.0 Å². The number of rotatable bonds is 6. The van der Waals surface area contributed by atoms with Gasteiger partial charge in [-0.05, 0) is 42.4 Å². The van der Waals surface area contributed by atoms with Crippen molar-refractivity contribution >= 4 is 23.2 Å². The number of hydrogen-bond acceptors (Lipinski definition) is 5. The number of amides is 1. The molecule has 27 heavy (non-hydrogen) atoms. The van der Waals surface area contributed by atoms with Crippen molar-refractivity contribution in [2.45, 2.75) is 40.2 Å². The quantitative estimate of drug-likeness (QED) is 0.814. The molecule has 2 N–H and O–H groups in total. The van der Waals surface area contributed by atoms with Gasteiger partial charge in [-0.3, -0.25) is 4.79 Å². The number of benzene rings is 1. The van der Waals surface area contributed by atoms with Crippen molar-refractivity contribution in [3.8, 4) is 0 Å². The number of piperidine rings is 1. The monoisotopic (exact) mass is 367 g/mol. The molecule has 0 radical (unpaired) electrons. The maximum atomic E-state index is 11.0. The number of nitrogens with one attached hydrogen (secondary N) is 2. The van der Waals surface area contributed by atoms with Crippen LogP contribution in [0, 0.1) is 11.8 Å². The van der Waals surface area contributed by atoms with Crippen LogP contribution in [0.3, 0.4) is 0 Å². The molecule has 144 valence electrons. The van der Waals surface area contributed by atoms with Crippen LogP contribution in [0.2, 0.25) is 0 Å². The molecule has 1 amide bonds. The number of hydrogen-bond donors (Lipinski definition) is 2. The molecular weight excluding hydrogens is 338 g/mol. The highest BCUT2D eigenvalue weighted by atomic mass is 16.1. The van der Waals surface area contributed by atoms with Crippen LogP contribution in [-0.2, 0) is 11.3 Å². The Balaban J connectivity index is 1.54. The molecular formula is C21H29N5O. The van der Waals surface area contributed by atoms with Crippen molar-refractivity contribution in [3.63, 3.8) is 0 Å². The van der Waals surface area contributed by atoms with E-state index in [0.29, 0.717) is 6.54 Å². The maximum absolute atomic E-state index is 11.0. The molecule has 6 nitrogen and oxygen atoms in total. The minimum absolute atomic E-state index is 0.0251. The molecule has 1 saturated heterocycles. The zero-order chi connectivity index (χ0) is 19.2. The van der Waals surface area contributed by atoms with E-state index in [1.165, 1.54) is 19.8 Å². The first kappa shape index (κ1) is 19.1. The Hall–Kier alpha value is -2.63. The molecule has 0 aliphatic carbocycles. The van der Waals surface area contributed by atoms with Crippen molar-refractivity contribution in [2.24, 2.45) is 11.8 Å². The summed E-state index contributed by atoms with van der Waals surface area (Å²) in [6.45, 7) is 8.75. The van der Waals surface area contributed by atoms with E-state index in [4.69, 9.17) is 0 Å². The molecule has 6 heteroatoms. The fourth-order valence-electron chi connectivity index (χ4n) is 3.41. The second kappa shape index (κ2) is 8.84. The first-order valence-corrected chi connectivity index (χ1v) is 9.68. The van der Waals surface area contributed by atoms with E-state index >= 15 is 0 Å². The topological polar surface area (TPSA) is 70.2 Å². The first-order valence-electron chi connectivity index (χ1n) is 9.68. The van der Waals surface area contributed by atoms with E-state index in [-0.39, 0.29) is 5.91 Å². The molecule has 0 atom stereocenters. The van der Waals surface area contributed by atoms with Gasteiger partial charge in [0.2, 0.25) is 11.9 Å². The predicted molar refractivity (Wildman–Crippen MR) is 109 cm³/mol. The van der Waals surface area contributed by atoms with Gasteiger partial charge >= 0.3 is 0 Å². The number of carbonyl (C=O) groups is 1. The summed E-state index contributed by atoms with van der Waals surface area (Å²) in [4.78, 5) is 22.3. The first-order chi connectivity index (χ1) is 13.0. The lowest BCUT2D eigenvalue weighted by Crippen LogP contribution is -2.36. The molecule has 0 unspecified atom stereocenters. The average molecular weight is 367 g/mol. The molecule has 2 heterocycles. The zero-order valence-electron chi connectivity index (χ0n) is 16.4. The number of carbonyl (C=O) groups excluding carboxylic acids is 1. The van der Waals surface area contributed by atoms with Crippen molar-refractivity contribution in [1.29, 1.82) is 0 Å². The fraction of sp³-hybridized carbons (Fsp3) is 0.476. The van der Waals surface area contributed by atoms with Crippen LogP contribution in [0.4, 0.5) is 17.3 Å². The highest BCUT2D eigenvalue weighted by Gasteiger charge is 2.22. The smallest absolute Gasteiger partial charge is 0.225 e. The summed E-state index contributed by atoms with van der Waals surface area (Å²) in [6.07, 6.45) is 6.10. The van der Waals surface area contributed by atoms with Crippen LogP contribution in [0.25, 0.3) is 0 Å². The highest BCUT2D eigenvalue weighted by molar-refractivity contribution is 5.72. The normalized spacial score (nSPS) is 15.0. The molecule has 1 aromatic carbocycles. The highest BCUT2D eigenvalue weighted by Crippen LogP contribution is 2.26. The third-order valence-electron chi connectivity index (χ3n) is 5.19. The van der Waals surface area contributed by atoms with Crippen LogP contribution in [0.5, 0.6) is 0 Å². The average Bonchev–Trinajstić information content (AvgIpc) is 2.68. The summed E-state index contributed by atoms with van der Waals surface area (Å²) in [5, 5.41) is 6.11. The minimum atomic E-state index is -0.0251. The predicted octanol–water partition coefficient (Wildman–Crippen LogP) is 3.73. The summed E-state index contributed by atoms with van der Waals surface area (Å²) in [7, 11) is 0. The molecule has 1 aromatic heterocycles. The van der Waals surface area contributed by atoms with Gasteiger partial charge in [0, 0.05) is 32.2 Å². The van der Waals surface area contributed by atoms with Gasteiger partial charge in [0.1, 0.15) is 0 Å². The fourth-order valence-corrected chi connectivity index (χ4v) is 3.41. The Bertz CT molecular complexity index is 734. The van der Waals surface area contributed by atoms with Gasteiger partial charge < -0.3 is 15.5 Å². The standard InChI is InChI=1S/C21H29N5O/c1-15(2)18-8-10-26(11-9-18)21-23-13-20(14-24-21)25-19-6-4-17(5-7-19)12-22-16(3)27/h4-7,13-15,18,25H,8-12H2,1-3H3,(H,22,27). The number of aromatic nitrogens is 2. The molecule has 2 aromatic rings. The van der Waals surface area contributed by atoms with Crippen LogP contribution in [0.15, 0.2) is 36.7 Å². The van der Waals surface area contributed by atoms with E-state index in [9.17, 15) is 4.79 Å². The Morgan fingerprint density at radius 2 is 1.74 bits per heavy atom. The van der Waals surface area contributed by atoms with Crippen molar-refractivity contribution in [3.05, 3.63) is 42.2 Å². The van der Waals surface area contributed by atoms with E-state index in [1.54, 1.807) is 0 Å². The Labute approximate surface area is 161 Å². The number of nitrogens with zero attached hydrogens (tertiary/aromatic N) is 3. The van der Waals surface area contributed by atoms with Crippen LogP contribution >= 0.6 is 0 Å².